The number of fused-ring (bicyclic) bond motifs is 1. The first-order valence-electron chi connectivity index (χ1n) is 7.12. The van der Waals surface area contributed by atoms with Crippen LogP contribution in [0.15, 0.2) is 42.5 Å². The van der Waals surface area contributed by atoms with E-state index in [2.05, 4.69) is 10.6 Å². The van der Waals surface area contributed by atoms with E-state index in [-0.39, 0.29) is 5.91 Å². The minimum atomic E-state index is -0.0664. The topological polar surface area (TPSA) is 41.1 Å². The second-order valence-corrected chi connectivity index (χ2v) is 5.58. The number of hydrogen-bond donors (Lipinski definition) is 2. The van der Waals surface area contributed by atoms with Gasteiger partial charge in [0.1, 0.15) is 0 Å². The third kappa shape index (κ3) is 3.19. The smallest absolute Gasteiger partial charge is 0.251 e. The number of rotatable bonds is 3. The van der Waals surface area contributed by atoms with Gasteiger partial charge < -0.3 is 10.6 Å². The summed E-state index contributed by atoms with van der Waals surface area (Å²) < 4.78 is 0. The molecule has 0 spiro atoms. The van der Waals surface area contributed by atoms with Gasteiger partial charge in [0.05, 0.1) is 0 Å². The van der Waals surface area contributed by atoms with Gasteiger partial charge in [0, 0.05) is 29.4 Å². The average Bonchev–Trinajstić information content (AvgIpc) is 2.53. The molecule has 2 N–H and O–H groups in total. The summed E-state index contributed by atoms with van der Waals surface area (Å²) in [5, 5.41) is 6.94. The molecule has 21 heavy (non-hydrogen) atoms. The molecule has 1 amide bonds. The van der Waals surface area contributed by atoms with E-state index in [1.54, 1.807) is 0 Å². The third-order valence-electron chi connectivity index (χ3n) is 3.70. The Labute approximate surface area is 129 Å². The first-order chi connectivity index (χ1) is 10.2. The van der Waals surface area contributed by atoms with Crippen molar-refractivity contribution in [1.29, 1.82) is 0 Å². The summed E-state index contributed by atoms with van der Waals surface area (Å²) in [6.45, 7) is 1.44. The highest BCUT2D eigenvalue weighted by Crippen LogP contribution is 2.23. The Hall–Kier alpha value is -2.00. The highest BCUT2D eigenvalue weighted by molar-refractivity contribution is 6.31. The summed E-state index contributed by atoms with van der Waals surface area (Å²) in [6.07, 6.45) is 2.13. The zero-order valence-corrected chi connectivity index (χ0v) is 12.4. The average molecular weight is 301 g/mol. The summed E-state index contributed by atoms with van der Waals surface area (Å²) in [7, 11) is 0. The lowest BCUT2D eigenvalue weighted by Crippen LogP contribution is -2.23. The number of carbonyl (C=O) groups is 1. The van der Waals surface area contributed by atoms with Crippen LogP contribution in [-0.2, 0) is 13.0 Å². The normalized spacial score (nSPS) is 13.2. The van der Waals surface area contributed by atoms with Crippen LogP contribution in [0.3, 0.4) is 0 Å². The quantitative estimate of drug-likeness (QED) is 0.909. The second-order valence-electron chi connectivity index (χ2n) is 5.18. The van der Waals surface area contributed by atoms with E-state index in [1.807, 2.05) is 42.5 Å². The SMILES string of the molecule is O=C(NCc1ccccc1Cl)c1ccc2c(c1)CCCN2. The monoisotopic (exact) mass is 300 g/mol. The summed E-state index contributed by atoms with van der Waals surface area (Å²) in [5.41, 5.74) is 3.98. The minimum absolute atomic E-state index is 0.0664. The highest BCUT2D eigenvalue weighted by atomic mass is 35.5. The van der Waals surface area contributed by atoms with Gasteiger partial charge in [0.15, 0.2) is 0 Å². The van der Waals surface area contributed by atoms with E-state index >= 15 is 0 Å². The molecule has 2 aromatic rings. The van der Waals surface area contributed by atoms with Crippen LogP contribution in [0.1, 0.15) is 27.9 Å². The summed E-state index contributed by atoms with van der Waals surface area (Å²) >= 11 is 6.09. The Morgan fingerprint density at radius 1 is 1.24 bits per heavy atom. The standard InChI is InChI=1S/C17H17ClN2O/c18-15-6-2-1-4-14(15)11-20-17(21)13-7-8-16-12(10-13)5-3-9-19-16/h1-2,4,6-8,10,19H,3,5,9,11H2,(H,20,21). The lowest BCUT2D eigenvalue weighted by molar-refractivity contribution is 0.0951. The molecule has 1 heterocycles. The number of anilines is 1. The molecule has 4 heteroatoms. The molecular formula is C17H17ClN2O. The fraction of sp³-hybridized carbons (Fsp3) is 0.235. The Kier molecular flexibility index (Phi) is 4.11. The van der Waals surface area contributed by atoms with E-state index < -0.39 is 0 Å². The maximum absolute atomic E-state index is 12.2. The molecule has 0 aromatic heterocycles. The van der Waals surface area contributed by atoms with E-state index in [0.29, 0.717) is 17.1 Å². The highest BCUT2D eigenvalue weighted by Gasteiger charge is 2.12. The maximum Gasteiger partial charge on any atom is 0.251 e. The molecule has 0 saturated carbocycles. The van der Waals surface area contributed by atoms with E-state index in [0.717, 1.165) is 30.6 Å². The third-order valence-corrected chi connectivity index (χ3v) is 4.07. The minimum Gasteiger partial charge on any atom is -0.385 e. The van der Waals surface area contributed by atoms with Crippen molar-refractivity contribution in [3.8, 4) is 0 Å². The van der Waals surface area contributed by atoms with Gasteiger partial charge in [-0.15, -0.1) is 0 Å². The largest absolute Gasteiger partial charge is 0.385 e. The van der Waals surface area contributed by atoms with Crippen LogP contribution in [0.25, 0.3) is 0 Å². The van der Waals surface area contributed by atoms with Crippen molar-refractivity contribution in [1.82, 2.24) is 5.32 Å². The molecule has 3 rings (SSSR count). The Morgan fingerprint density at radius 3 is 2.95 bits per heavy atom. The molecule has 1 aliphatic heterocycles. The first-order valence-corrected chi connectivity index (χ1v) is 7.50. The van der Waals surface area contributed by atoms with Crippen LogP contribution in [0.4, 0.5) is 5.69 Å². The number of amides is 1. The van der Waals surface area contributed by atoms with Gasteiger partial charge >= 0.3 is 0 Å². The number of aryl methyl sites for hydroxylation is 1. The summed E-state index contributed by atoms with van der Waals surface area (Å²) in [6, 6.07) is 13.4. The molecule has 3 nitrogen and oxygen atoms in total. The molecule has 108 valence electrons. The zero-order chi connectivity index (χ0) is 14.7. The molecule has 0 radical (unpaired) electrons. The van der Waals surface area contributed by atoms with Crippen LogP contribution in [0.5, 0.6) is 0 Å². The lowest BCUT2D eigenvalue weighted by atomic mass is 10.0. The van der Waals surface area contributed by atoms with Gasteiger partial charge in [-0.1, -0.05) is 29.8 Å². The van der Waals surface area contributed by atoms with Gasteiger partial charge in [-0.05, 0) is 48.2 Å². The Bertz CT molecular complexity index is 670. The fourth-order valence-corrected chi connectivity index (χ4v) is 2.74. The zero-order valence-electron chi connectivity index (χ0n) is 11.7. The molecule has 0 fully saturated rings. The predicted octanol–water partition coefficient (Wildman–Crippen LogP) is 3.63. The van der Waals surface area contributed by atoms with Crippen molar-refractivity contribution in [3.63, 3.8) is 0 Å². The van der Waals surface area contributed by atoms with E-state index in [9.17, 15) is 4.79 Å². The number of halogens is 1. The fourth-order valence-electron chi connectivity index (χ4n) is 2.54. The van der Waals surface area contributed by atoms with Crippen molar-refractivity contribution in [2.24, 2.45) is 0 Å². The van der Waals surface area contributed by atoms with Crippen LogP contribution in [0.2, 0.25) is 5.02 Å². The summed E-state index contributed by atoms with van der Waals surface area (Å²) in [4.78, 5) is 12.2. The van der Waals surface area contributed by atoms with Crippen molar-refractivity contribution >= 4 is 23.2 Å². The molecule has 1 aliphatic rings. The molecule has 0 saturated heterocycles. The number of benzene rings is 2. The molecule has 0 atom stereocenters. The Morgan fingerprint density at radius 2 is 2.10 bits per heavy atom. The van der Waals surface area contributed by atoms with Crippen molar-refractivity contribution in [2.45, 2.75) is 19.4 Å². The Balaban J connectivity index is 1.69. The van der Waals surface area contributed by atoms with Crippen LogP contribution in [-0.4, -0.2) is 12.5 Å². The van der Waals surface area contributed by atoms with Gasteiger partial charge in [-0.2, -0.15) is 0 Å². The van der Waals surface area contributed by atoms with Crippen LogP contribution < -0.4 is 10.6 Å². The first kappa shape index (κ1) is 14.0. The van der Waals surface area contributed by atoms with Crippen molar-refractivity contribution in [2.75, 3.05) is 11.9 Å². The number of hydrogen-bond acceptors (Lipinski definition) is 2. The predicted molar refractivity (Wildman–Crippen MR) is 85.9 cm³/mol. The molecule has 0 unspecified atom stereocenters. The summed E-state index contributed by atoms with van der Waals surface area (Å²) in [5.74, 6) is -0.0664. The number of carbonyl (C=O) groups excluding carboxylic acids is 1. The lowest BCUT2D eigenvalue weighted by Gasteiger charge is -2.18. The second kappa shape index (κ2) is 6.19. The molecule has 2 aromatic carbocycles. The van der Waals surface area contributed by atoms with Gasteiger partial charge in [-0.3, -0.25) is 4.79 Å². The molecule has 0 bridgehead atoms. The number of nitrogens with one attached hydrogen (secondary N) is 2. The van der Waals surface area contributed by atoms with E-state index in [1.165, 1.54) is 5.56 Å². The van der Waals surface area contributed by atoms with Crippen molar-refractivity contribution < 1.29 is 4.79 Å². The molecular weight excluding hydrogens is 284 g/mol. The van der Waals surface area contributed by atoms with E-state index in [4.69, 9.17) is 11.6 Å². The van der Waals surface area contributed by atoms with Crippen LogP contribution in [0, 0.1) is 0 Å². The van der Waals surface area contributed by atoms with Gasteiger partial charge in [0.25, 0.3) is 5.91 Å². The van der Waals surface area contributed by atoms with Gasteiger partial charge in [0.2, 0.25) is 0 Å². The van der Waals surface area contributed by atoms with Crippen LogP contribution >= 0.6 is 11.6 Å². The van der Waals surface area contributed by atoms with Crippen molar-refractivity contribution in [3.05, 3.63) is 64.2 Å². The maximum atomic E-state index is 12.2. The van der Waals surface area contributed by atoms with Gasteiger partial charge in [-0.25, -0.2) is 0 Å². The molecule has 0 aliphatic carbocycles.